The van der Waals surface area contributed by atoms with Gasteiger partial charge in [-0.05, 0) is 24.1 Å². The highest BCUT2D eigenvalue weighted by Crippen LogP contribution is 2.24. The van der Waals surface area contributed by atoms with Crippen molar-refractivity contribution in [1.29, 1.82) is 0 Å². The van der Waals surface area contributed by atoms with E-state index in [4.69, 9.17) is 21.1 Å². The van der Waals surface area contributed by atoms with Gasteiger partial charge in [0.25, 0.3) is 0 Å². The molecule has 0 aliphatic rings. The molecule has 1 unspecified atom stereocenters. The van der Waals surface area contributed by atoms with Gasteiger partial charge in [-0.1, -0.05) is 0 Å². The minimum absolute atomic E-state index is 0. The summed E-state index contributed by atoms with van der Waals surface area (Å²) < 4.78 is 0. The number of aromatic hydroxyl groups is 2. The monoisotopic (exact) mass is 219 g/mol. The zero-order chi connectivity index (χ0) is 9.84. The van der Waals surface area contributed by atoms with Crippen molar-refractivity contribution in [1.82, 2.24) is 0 Å². The number of halogens is 1. The van der Waals surface area contributed by atoms with Crippen LogP contribution in [0, 0.1) is 0 Å². The normalized spacial score (nSPS) is 11.9. The first-order chi connectivity index (χ1) is 6.13. The lowest BCUT2D eigenvalue weighted by Gasteiger charge is -2.10. The highest BCUT2D eigenvalue weighted by atomic mass is 35.5. The quantitative estimate of drug-likeness (QED) is 0.609. The van der Waals surface area contributed by atoms with E-state index in [1.165, 1.54) is 18.2 Å². The van der Waals surface area contributed by atoms with E-state index in [1.807, 2.05) is 0 Å². The van der Waals surface area contributed by atoms with Gasteiger partial charge in [0.2, 0.25) is 0 Å². The molecule has 1 aromatic rings. The molecule has 0 amide bonds. The van der Waals surface area contributed by atoms with Gasteiger partial charge in [-0.25, -0.2) is 0 Å². The lowest BCUT2D eigenvalue weighted by atomic mass is 10.0. The van der Waals surface area contributed by atoms with Gasteiger partial charge in [0.05, 0.1) is 0 Å². The topological polar surface area (TPSA) is 86.7 Å². The first-order valence-electron chi connectivity index (χ1n) is 4.03. The van der Waals surface area contributed by atoms with Crippen molar-refractivity contribution in [2.45, 2.75) is 12.5 Å². The van der Waals surface area contributed by atoms with E-state index in [-0.39, 0.29) is 36.6 Å². The molecule has 0 bridgehead atoms. The number of hydrogen-bond acceptors (Lipinski definition) is 4. The van der Waals surface area contributed by atoms with Gasteiger partial charge in [0.1, 0.15) is 11.5 Å². The van der Waals surface area contributed by atoms with Crippen LogP contribution < -0.4 is 5.73 Å². The van der Waals surface area contributed by atoms with Crippen molar-refractivity contribution in [3.8, 4) is 11.5 Å². The summed E-state index contributed by atoms with van der Waals surface area (Å²) >= 11 is 0. The second-order valence-electron chi connectivity index (χ2n) is 2.90. The van der Waals surface area contributed by atoms with Gasteiger partial charge in [0, 0.05) is 18.7 Å². The van der Waals surface area contributed by atoms with E-state index < -0.39 is 0 Å². The summed E-state index contributed by atoms with van der Waals surface area (Å²) in [7, 11) is 0. The molecule has 0 saturated heterocycles. The molecule has 0 heterocycles. The van der Waals surface area contributed by atoms with E-state index in [0.29, 0.717) is 12.0 Å². The molecule has 0 aliphatic carbocycles. The maximum Gasteiger partial charge on any atom is 0.119 e. The molecule has 0 radical (unpaired) electrons. The van der Waals surface area contributed by atoms with E-state index in [2.05, 4.69) is 0 Å². The predicted molar refractivity (Wildman–Crippen MR) is 55.7 cm³/mol. The largest absolute Gasteiger partial charge is 0.508 e. The van der Waals surface area contributed by atoms with Gasteiger partial charge >= 0.3 is 0 Å². The molecule has 5 N–H and O–H groups in total. The molecule has 5 heteroatoms. The van der Waals surface area contributed by atoms with E-state index in [1.54, 1.807) is 0 Å². The highest BCUT2D eigenvalue weighted by Gasteiger charge is 2.07. The Kier molecular flexibility index (Phi) is 5.30. The summed E-state index contributed by atoms with van der Waals surface area (Å²) in [6, 6.07) is 3.82. The fourth-order valence-electron chi connectivity index (χ4n) is 1.14. The van der Waals surface area contributed by atoms with Crippen molar-refractivity contribution >= 4 is 12.4 Å². The number of aliphatic hydroxyl groups excluding tert-OH is 1. The van der Waals surface area contributed by atoms with Crippen molar-refractivity contribution in [2.75, 3.05) is 6.61 Å². The lowest BCUT2D eigenvalue weighted by molar-refractivity contribution is 0.276. The van der Waals surface area contributed by atoms with Crippen LogP contribution in [0.2, 0.25) is 0 Å². The summed E-state index contributed by atoms with van der Waals surface area (Å²) in [5, 5.41) is 26.9. The van der Waals surface area contributed by atoms with Crippen LogP contribution in [-0.4, -0.2) is 21.9 Å². The Morgan fingerprint density at radius 2 is 1.64 bits per heavy atom. The van der Waals surface area contributed by atoms with E-state index >= 15 is 0 Å². The molecule has 1 atom stereocenters. The second kappa shape index (κ2) is 5.70. The molecule has 0 fully saturated rings. The van der Waals surface area contributed by atoms with Crippen LogP contribution in [0.5, 0.6) is 11.5 Å². The minimum atomic E-state index is -0.358. The molecule has 14 heavy (non-hydrogen) atoms. The number of nitrogens with two attached hydrogens (primary N) is 1. The second-order valence-corrected chi connectivity index (χ2v) is 2.90. The Morgan fingerprint density at radius 1 is 1.14 bits per heavy atom. The van der Waals surface area contributed by atoms with Gasteiger partial charge < -0.3 is 21.1 Å². The fraction of sp³-hybridized carbons (Fsp3) is 0.333. The zero-order valence-corrected chi connectivity index (χ0v) is 8.37. The van der Waals surface area contributed by atoms with Crippen molar-refractivity contribution in [3.63, 3.8) is 0 Å². The van der Waals surface area contributed by atoms with Gasteiger partial charge in [-0.3, -0.25) is 0 Å². The zero-order valence-electron chi connectivity index (χ0n) is 7.55. The minimum Gasteiger partial charge on any atom is -0.508 e. The third kappa shape index (κ3) is 3.41. The Balaban J connectivity index is 0.00000169. The van der Waals surface area contributed by atoms with Crippen LogP contribution in [0.3, 0.4) is 0 Å². The number of aliphatic hydroxyl groups is 1. The lowest BCUT2D eigenvalue weighted by Crippen LogP contribution is -2.11. The number of phenols is 2. The first kappa shape index (κ1) is 13.0. The van der Waals surface area contributed by atoms with Crippen LogP contribution in [-0.2, 0) is 0 Å². The smallest absolute Gasteiger partial charge is 0.119 e. The van der Waals surface area contributed by atoms with Crippen LogP contribution in [0.15, 0.2) is 18.2 Å². The predicted octanol–water partition coefficient (Wildman–Crippen LogP) is 0.902. The summed E-state index contributed by atoms with van der Waals surface area (Å²) in [4.78, 5) is 0. The molecule has 4 nitrogen and oxygen atoms in total. The Morgan fingerprint density at radius 3 is 2.07 bits per heavy atom. The molecular formula is C9H14ClNO3. The molecule has 80 valence electrons. The summed E-state index contributed by atoms with van der Waals surface area (Å²) in [5.74, 6) is -0.0493. The molecular weight excluding hydrogens is 206 g/mol. The molecule has 0 spiro atoms. The van der Waals surface area contributed by atoms with Gasteiger partial charge in [-0.2, -0.15) is 0 Å². The van der Waals surface area contributed by atoms with Crippen LogP contribution in [0.1, 0.15) is 18.0 Å². The molecule has 0 saturated carbocycles. The Hall–Kier alpha value is -0.970. The van der Waals surface area contributed by atoms with Crippen LogP contribution in [0.25, 0.3) is 0 Å². The summed E-state index contributed by atoms with van der Waals surface area (Å²) in [5.41, 5.74) is 6.28. The summed E-state index contributed by atoms with van der Waals surface area (Å²) in [6.07, 6.45) is 0.406. The first-order valence-corrected chi connectivity index (χ1v) is 4.03. The number of phenolic OH excluding ortho intramolecular Hbond substituents is 2. The Bertz CT molecular complexity index is 273. The third-order valence-corrected chi connectivity index (χ3v) is 1.79. The maximum atomic E-state index is 9.13. The highest BCUT2D eigenvalue weighted by molar-refractivity contribution is 5.85. The van der Waals surface area contributed by atoms with Crippen molar-refractivity contribution < 1.29 is 15.3 Å². The summed E-state index contributed by atoms with van der Waals surface area (Å²) in [6.45, 7) is -0.0163. The average Bonchev–Trinajstić information content (AvgIpc) is 2.03. The third-order valence-electron chi connectivity index (χ3n) is 1.79. The average molecular weight is 220 g/mol. The van der Waals surface area contributed by atoms with E-state index in [9.17, 15) is 0 Å². The van der Waals surface area contributed by atoms with E-state index in [0.717, 1.165) is 0 Å². The number of rotatable bonds is 3. The van der Waals surface area contributed by atoms with Gasteiger partial charge in [0.15, 0.2) is 0 Å². The molecule has 1 rings (SSSR count). The van der Waals surface area contributed by atoms with Crippen LogP contribution >= 0.6 is 12.4 Å². The number of hydrogen-bond donors (Lipinski definition) is 4. The van der Waals surface area contributed by atoms with Crippen molar-refractivity contribution in [2.24, 2.45) is 5.73 Å². The Labute approximate surface area is 88.4 Å². The standard InChI is InChI=1S/C9H13NO3.ClH/c10-9(1-2-11)6-3-7(12)5-8(13)4-6;/h3-5,9,11-13H,1-2,10H2;1H. The van der Waals surface area contributed by atoms with Crippen molar-refractivity contribution in [3.05, 3.63) is 23.8 Å². The van der Waals surface area contributed by atoms with Crippen LogP contribution in [0.4, 0.5) is 0 Å². The van der Waals surface area contributed by atoms with Gasteiger partial charge in [-0.15, -0.1) is 12.4 Å². The SMILES string of the molecule is Cl.NC(CCO)c1cc(O)cc(O)c1. The molecule has 1 aromatic carbocycles. The molecule has 0 aliphatic heterocycles. The maximum absolute atomic E-state index is 9.13. The molecule has 0 aromatic heterocycles. The fourth-order valence-corrected chi connectivity index (χ4v) is 1.14. The number of benzene rings is 1.